The fourth-order valence-electron chi connectivity index (χ4n) is 1.53. The second kappa shape index (κ2) is 6.09. The Kier molecular flexibility index (Phi) is 5.06. The predicted molar refractivity (Wildman–Crippen MR) is 62.8 cm³/mol. The minimum atomic E-state index is -0.347. The van der Waals surface area contributed by atoms with Crippen molar-refractivity contribution in [2.75, 3.05) is 13.1 Å². The Hall–Kier alpha value is -0.600. The van der Waals surface area contributed by atoms with Crippen molar-refractivity contribution in [2.24, 2.45) is 5.92 Å². The van der Waals surface area contributed by atoms with Crippen molar-refractivity contribution in [1.29, 1.82) is 0 Å². The molecule has 1 aromatic carbocycles. The highest BCUT2D eigenvalue weighted by Crippen LogP contribution is 2.18. The lowest BCUT2D eigenvalue weighted by atomic mass is 10.0. The smallest absolute Gasteiger partial charge is 0.141 e. The first-order valence-corrected chi connectivity index (χ1v) is 5.66. The first kappa shape index (κ1) is 12.5. The van der Waals surface area contributed by atoms with E-state index in [-0.39, 0.29) is 10.8 Å². The van der Waals surface area contributed by atoms with Gasteiger partial charge in [-0.2, -0.15) is 0 Å². The topological polar surface area (TPSA) is 12.0 Å². The molecule has 0 heterocycles. The molecular formula is C12H17ClFN. The van der Waals surface area contributed by atoms with Gasteiger partial charge in [-0.3, -0.25) is 0 Å². The Morgan fingerprint density at radius 3 is 2.80 bits per heavy atom. The molecular weight excluding hydrogens is 213 g/mol. The van der Waals surface area contributed by atoms with Crippen molar-refractivity contribution < 1.29 is 4.39 Å². The van der Waals surface area contributed by atoms with E-state index in [2.05, 4.69) is 19.2 Å². The van der Waals surface area contributed by atoms with Crippen LogP contribution in [0.2, 0.25) is 5.02 Å². The molecule has 1 nitrogen and oxygen atoms in total. The van der Waals surface area contributed by atoms with Gasteiger partial charge in [0.15, 0.2) is 0 Å². The average Bonchev–Trinajstić information content (AvgIpc) is 2.20. The summed E-state index contributed by atoms with van der Waals surface area (Å²) >= 11 is 5.71. The van der Waals surface area contributed by atoms with Crippen LogP contribution in [0.15, 0.2) is 18.2 Å². The summed E-state index contributed by atoms with van der Waals surface area (Å²) in [5.41, 5.74) is 1.09. The zero-order chi connectivity index (χ0) is 11.3. The van der Waals surface area contributed by atoms with Crippen molar-refractivity contribution in [3.8, 4) is 0 Å². The summed E-state index contributed by atoms with van der Waals surface area (Å²) in [7, 11) is 0. The molecule has 0 saturated carbocycles. The monoisotopic (exact) mass is 229 g/mol. The SMILES string of the molecule is CCNCC(C)Cc1ccc(F)c(Cl)c1. The summed E-state index contributed by atoms with van der Waals surface area (Å²) in [6.45, 7) is 6.21. The molecule has 0 spiro atoms. The Bertz CT molecular complexity index is 314. The molecule has 0 aliphatic heterocycles. The van der Waals surface area contributed by atoms with Crippen LogP contribution in [0.5, 0.6) is 0 Å². The van der Waals surface area contributed by atoms with Gasteiger partial charge in [-0.25, -0.2) is 4.39 Å². The highest BCUT2D eigenvalue weighted by atomic mass is 35.5. The molecule has 84 valence electrons. The number of hydrogen-bond donors (Lipinski definition) is 1. The molecule has 0 aliphatic carbocycles. The Labute approximate surface area is 95.6 Å². The highest BCUT2D eigenvalue weighted by Gasteiger charge is 2.05. The summed E-state index contributed by atoms with van der Waals surface area (Å²) in [6, 6.07) is 4.93. The minimum absolute atomic E-state index is 0.211. The summed E-state index contributed by atoms with van der Waals surface area (Å²) in [6.07, 6.45) is 0.924. The zero-order valence-corrected chi connectivity index (χ0v) is 9.94. The molecule has 1 N–H and O–H groups in total. The van der Waals surface area contributed by atoms with Gasteiger partial charge in [-0.1, -0.05) is 31.5 Å². The lowest BCUT2D eigenvalue weighted by Crippen LogP contribution is -2.21. The van der Waals surface area contributed by atoms with Crippen molar-refractivity contribution in [2.45, 2.75) is 20.3 Å². The largest absolute Gasteiger partial charge is 0.317 e. The third kappa shape index (κ3) is 4.18. The third-order valence-corrected chi connectivity index (χ3v) is 2.60. The van der Waals surface area contributed by atoms with Gasteiger partial charge in [0.25, 0.3) is 0 Å². The molecule has 1 rings (SSSR count). The van der Waals surface area contributed by atoms with Crippen LogP contribution in [0.25, 0.3) is 0 Å². The number of benzene rings is 1. The third-order valence-electron chi connectivity index (χ3n) is 2.31. The van der Waals surface area contributed by atoms with Crippen LogP contribution in [0.1, 0.15) is 19.4 Å². The zero-order valence-electron chi connectivity index (χ0n) is 9.19. The van der Waals surface area contributed by atoms with Crippen molar-refractivity contribution in [1.82, 2.24) is 5.32 Å². The lowest BCUT2D eigenvalue weighted by Gasteiger charge is -2.11. The summed E-state index contributed by atoms with van der Waals surface area (Å²) in [5, 5.41) is 3.50. The van der Waals surface area contributed by atoms with E-state index in [1.807, 2.05) is 0 Å². The van der Waals surface area contributed by atoms with Crippen molar-refractivity contribution in [3.05, 3.63) is 34.6 Å². The predicted octanol–water partition coefficient (Wildman–Crippen LogP) is 3.27. The maximum atomic E-state index is 12.9. The van der Waals surface area contributed by atoms with Crippen LogP contribution >= 0.6 is 11.6 Å². The van der Waals surface area contributed by atoms with E-state index >= 15 is 0 Å². The Balaban J connectivity index is 2.53. The van der Waals surface area contributed by atoms with Crippen LogP contribution in [-0.2, 0) is 6.42 Å². The van der Waals surface area contributed by atoms with Crippen LogP contribution in [-0.4, -0.2) is 13.1 Å². The molecule has 0 amide bonds. The normalized spacial score (nSPS) is 12.8. The van der Waals surface area contributed by atoms with Crippen LogP contribution in [0, 0.1) is 11.7 Å². The average molecular weight is 230 g/mol. The second-order valence-corrected chi connectivity index (χ2v) is 4.27. The maximum absolute atomic E-state index is 12.9. The highest BCUT2D eigenvalue weighted by molar-refractivity contribution is 6.30. The van der Waals surface area contributed by atoms with E-state index in [0.29, 0.717) is 5.92 Å². The van der Waals surface area contributed by atoms with E-state index < -0.39 is 0 Å². The van der Waals surface area contributed by atoms with Gasteiger partial charge in [-0.15, -0.1) is 0 Å². The van der Waals surface area contributed by atoms with Gasteiger partial charge >= 0.3 is 0 Å². The van der Waals surface area contributed by atoms with E-state index in [4.69, 9.17) is 11.6 Å². The van der Waals surface area contributed by atoms with Crippen molar-refractivity contribution in [3.63, 3.8) is 0 Å². The van der Waals surface area contributed by atoms with Gasteiger partial charge in [-0.05, 0) is 43.1 Å². The molecule has 0 bridgehead atoms. The number of rotatable bonds is 5. The van der Waals surface area contributed by atoms with Gasteiger partial charge < -0.3 is 5.32 Å². The second-order valence-electron chi connectivity index (χ2n) is 3.87. The molecule has 0 aromatic heterocycles. The fraction of sp³-hybridized carbons (Fsp3) is 0.500. The minimum Gasteiger partial charge on any atom is -0.317 e. The first-order valence-electron chi connectivity index (χ1n) is 5.28. The standard InChI is InChI=1S/C12H17ClFN/c1-3-15-8-9(2)6-10-4-5-12(14)11(13)7-10/h4-5,7,9,15H,3,6,8H2,1-2H3. The molecule has 3 heteroatoms. The number of hydrogen-bond acceptors (Lipinski definition) is 1. The Morgan fingerprint density at radius 1 is 1.47 bits per heavy atom. The van der Waals surface area contributed by atoms with Crippen LogP contribution in [0.4, 0.5) is 4.39 Å². The molecule has 0 saturated heterocycles. The maximum Gasteiger partial charge on any atom is 0.141 e. The van der Waals surface area contributed by atoms with Crippen molar-refractivity contribution >= 4 is 11.6 Å². The summed E-state index contributed by atoms with van der Waals surface area (Å²) in [4.78, 5) is 0. The molecule has 0 fully saturated rings. The lowest BCUT2D eigenvalue weighted by molar-refractivity contribution is 0.521. The van der Waals surface area contributed by atoms with E-state index in [9.17, 15) is 4.39 Å². The van der Waals surface area contributed by atoms with Gasteiger partial charge in [0.05, 0.1) is 5.02 Å². The van der Waals surface area contributed by atoms with Crippen LogP contribution < -0.4 is 5.32 Å². The van der Waals surface area contributed by atoms with Gasteiger partial charge in [0, 0.05) is 0 Å². The fourth-order valence-corrected chi connectivity index (χ4v) is 1.74. The van der Waals surface area contributed by atoms with Gasteiger partial charge in [0.2, 0.25) is 0 Å². The van der Waals surface area contributed by atoms with Gasteiger partial charge in [0.1, 0.15) is 5.82 Å². The molecule has 1 aromatic rings. The van der Waals surface area contributed by atoms with E-state index in [1.54, 1.807) is 12.1 Å². The first-order chi connectivity index (χ1) is 7.13. The molecule has 0 aliphatic rings. The molecule has 15 heavy (non-hydrogen) atoms. The van der Waals surface area contributed by atoms with E-state index in [0.717, 1.165) is 25.1 Å². The molecule has 0 radical (unpaired) electrons. The summed E-state index contributed by atoms with van der Waals surface area (Å²) in [5.74, 6) is 0.186. The van der Waals surface area contributed by atoms with E-state index in [1.165, 1.54) is 6.07 Å². The number of nitrogens with one attached hydrogen (secondary N) is 1. The molecule has 1 unspecified atom stereocenters. The Morgan fingerprint density at radius 2 is 2.20 bits per heavy atom. The molecule has 1 atom stereocenters. The number of halogens is 2. The quantitative estimate of drug-likeness (QED) is 0.817. The summed E-state index contributed by atoms with van der Waals surface area (Å²) < 4.78 is 12.9. The van der Waals surface area contributed by atoms with Crippen LogP contribution in [0.3, 0.4) is 0 Å².